The summed E-state index contributed by atoms with van der Waals surface area (Å²) in [5.41, 5.74) is 6.51. The van der Waals surface area contributed by atoms with Crippen molar-refractivity contribution in [3.8, 4) is 5.75 Å². The summed E-state index contributed by atoms with van der Waals surface area (Å²) in [5.74, 6) is 0.833. The smallest absolute Gasteiger partial charge is 0.227 e. The van der Waals surface area contributed by atoms with Crippen molar-refractivity contribution in [2.45, 2.75) is 32.7 Å². The number of carbonyl (C=O) groups excluding carboxylic acids is 1. The number of amides is 1. The second kappa shape index (κ2) is 7.61. The first-order chi connectivity index (χ1) is 10.6. The van der Waals surface area contributed by atoms with Crippen LogP contribution < -0.4 is 15.8 Å². The maximum absolute atomic E-state index is 12.5. The van der Waals surface area contributed by atoms with Crippen molar-refractivity contribution in [2.24, 2.45) is 11.1 Å². The van der Waals surface area contributed by atoms with E-state index < -0.39 is 5.41 Å². The molecule has 122 valence electrons. The molecule has 0 saturated carbocycles. The first kappa shape index (κ1) is 16.8. The quantitative estimate of drug-likeness (QED) is 0.838. The van der Waals surface area contributed by atoms with E-state index >= 15 is 0 Å². The third-order valence-corrected chi connectivity index (χ3v) is 4.19. The Hall–Kier alpha value is -1.59. The van der Waals surface area contributed by atoms with Crippen molar-refractivity contribution < 1.29 is 14.3 Å². The SMILES string of the molecule is Cc1cccc(OCC(C)NC(=O)C2(CN)CCOCC2)c1. The van der Waals surface area contributed by atoms with Gasteiger partial charge in [-0.15, -0.1) is 0 Å². The van der Waals surface area contributed by atoms with Gasteiger partial charge in [0.15, 0.2) is 0 Å². The van der Waals surface area contributed by atoms with Gasteiger partial charge in [-0.2, -0.15) is 0 Å². The lowest BCUT2D eigenvalue weighted by Gasteiger charge is -2.35. The van der Waals surface area contributed by atoms with E-state index in [1.807, 2.05) is 38.1 Å². The lowest BCUT2D eigenvalue weighted by Crippen LogP contribution is -2.52. The van der Waals surface area contributed by atoms with E-state index in [9.17, 15) is 4.79 Å². The van der Waals surface area contributed by atoms with Crippen molar-refractivity contribution >= 4 is 5.91 Å². The Balaban J connectivity index is 1.85. The molecule has 5 heteroatoms. The third-order valence-electron chi connectivity index (χ3n) is 4.19. The zero-order valence-electron chi connectivity index (χ0n) is 13.4. The van der Waals surface area contributed by atoms with Crippen molar-refractivity contribution in [3.05, 3.63) is 29.8 Å². The molecule has 1 amide bonds. The molecule has 1 aliphatic heterocycles. The predicted octanol–water partition coefficient (Wildman–Crippen LogP) is 1.63. The summed E-state index contributed by atoms with van der Waals surface area (Å²) in [7, 11) is 0. The highest BCUT2D eigenvalue weighted by Crippen LogP contribution is 2.29. The summed E-state index contributed by atoms with van der Waals surface area (Å²) in [6, 6.07) is 7.81. The normalized spacial score (nSPS) is 18.5. The van der Waals surface area contributed by atoms with Crippen molar-refractivity contribution in [1.82, 2.24) is 5.32 Å². The standard InChI is InChI=1S/C17H26N2O3/c1-13-4-3-5-15(10-13)22-11-14(2)19-16(20)17(12-18)6-8-21-9-7-17/h3-5,10,14H,6-9,11-12,18H2,1-2H3,(H,19,20). The van der Waals surface area contributed by atoms with Crippen molar-refractivity contribution in [2.75, 3.05) is 26.4 Å². The van der Waals surface area contributed by atoms with Crippen LogP contribution in [0.25, 0.3) is 0 Å². The molecule has 2 rings (SSSR count). The number of nitrogens with one attached hydrogen (secondary N) is 1. The van der Waals surface area contributed by atoms with Gasteiger partial charge in [0, 0.05) is 19.8 Å². The number of carbonyl (C=O) groups is 1. The molecule has 1 atom stereocenters. The van der Waals surface area contributed by atoms with Crippen LogP contribution in [0.15, 0.2) is 24.3 Å². The average Bonchev–Trinajstić information content (AvgIpc) is 2.53. The first-order valence-corrected chi connectivity index (χ1v) is 7.84. The third kappa shape index (κ3) is 4.21. The van der Waals surface area contributed by atoms with Gasteiger partial charge in [0.1, 0.15) is 12.4 Å². The molecule has 0 radical (unpaired) electrons. The summed E-state index contributed by atoms with van der Waals surface area (Å²) in [5, 5.41) is 3.03. The van der Waals surface area contributed by atoms with Crippen LogP contribution in [-0.4, -0.2) is 38.3 Å². The van der Waals surface area contributed by atoms with Gasteiger partial charge in [-0.3, -0.25) is 4.79 Å². The highest BCUT2D eigenvalue weighted by Gasteiger charge is 2.39. The molecule has 0 bridgehead atoms. The molecule has 22 heavy (non-hydrogen) atoms. The molecule has 1 heterocycles. The average molecular weight is 306 g/mol. The van der Waals surface area contributed by atoms with Crippen LogP contribution in [0, 0.1) is 12.3 Å². The molecule has 1 aromatic carbocycles. The Bertz CT molecular complexity index is 498. The Morgan fingerprint density at radius 2 is 2.18 bits per heavy atom. The minimum absolute atomic E-state index is 0.0126. The van der Waals surface area contributed by atoms with Gasteiger partial charge in [0.25, 0.3) is 0 Å². The molecule has 1 aromatic rings. The Morgan fingerprint density at radius 3 is 2.82 bits per heavy atom. The van der Waals surface area contributed by atoms with E-state index in [0.717, 1.165) is 11.3 Å². The Morgan fingerprint density at radius 1 is 1.45 bits per heavy atom. The first-order valence-electron chi connectivity index (χ1n) is 7.84. The number of benzene rings is 1. The fourth-order valence-corrected chi connectivity index (χ4v) is 2.63. The Kier molecular flexibility index (Phi) is 5.80. The number of aryl methyl sites for hydroxylation is 1. The second-order valence-corrected chi connectivity index (χ2v) is 6.10. The monoisotopic (exact) mass is 306 g/mol. The number of hydrogen-bond donors (Lipinski definition) is 2. The zero-order valence-corrected chi connectivity index (χ0v) is 13.4. The van der Waals surface area contributed by atoms with Crippen LogP contribution in [0.4, 0.5) is 0 Å². The zero-order chi connectivity index (χ0) is 16.0. The molecule has 3 N–H and O–H groups in total. The number of ether oxygens (including phenoxy) is 2. The Labute approximate surface area is 132 Å². The number of nitrogens with two attached hydrogens (primary N) is 1. The van der Waals surface area contributed by atoms with Gasteiger partial charge in [-0.05, 0) is 44.4 Å². The van der Waals surface area contributed by atoms with E-state index in [-0.39, 0.29) is 11.9 Å². The molecule has 1 saturated heterocycles. The van der Waals surface area contributed by atoms with Crippen LogP contribution in [-0.2, 0) is 9.53 Å². The maximum Gasteiger partial charge on any atom is 0.227 e. The molecule has 5 nitrogen and oxygen atoms in total. The molecule has 1 aliphatic rings. The van der Waals surface area contributed by atoms with Gasteiger partial charge in [0.05, 0.1) is 11.5 Å². The van der Waals surface area contributed by atoms with Crippen LogP contribution in [0.1, 0.15) is 25.3 Å². The van der Waals surface area contributed by atoms with Crippen molar-refractivity contribution in [1.29, 1.82) is 0 Å². The van der Waals surface area contributed by atoms with E-state index in [1.165, 1.54) is 0 Å². The second-order valence-electron chi connectivity index (χ2n) is 6.10. The number of rotatable bonds is 6. The van der Waals surface area contributed by atoms with E-state index in [4.69, 9.17) is 15.2 Å². The van der Waals surface area contributed by atoms with Crippen LogP contribution >= 0.6 is 0 Å². The van der Waals surface area contributed by atoms with E-state index in [1.54, 1.807) is 0 Å². The molecule has 0 spiro atoms. The van der Waals surface area contributed by atoms with E-state index in [0.29, 0.717) is 39.2 Å². The molecular weight excluding hydrogens is 280 g/mol. The van der Waals surface area contributed by atoms with Crippen LogP contribution in [0.5, 0.6) is 5.75 Å². The van der Waals surface area contributed by atoms with Gasteiger partial charge < -0.3 is 20.5 Å². The fourth-order valence-electron chi connectivity index (χ4n) is 2.63. The minimum atomic E-state index is -0.490. The largest absolute Gasteiger partial charge is 0.491 e. The maximum atomic E-state index is 12.5. The topological polar surface area (TPSA) is 73.6 Å². The molecular formula is C17H26N2O3. The summed E-state index contributed by atoms with van der Waals surface area (Å²) < 4.78 is 11.1. The lowest BCUT2D eigenvalue weighted by molar-refractivity contribution is -0.136. The molecule has 0 aromatic heterocycles. The fraction of sp³-hybridized carbons (Fsp3) is 0.588. The highest BCUT2D eigenvalue weighted by molar-refractivity contribution is 5.83. The van der Waals surface area contributed by atoms with Gasteiger partial charge in [-0.25, -0.2) is 0 Å². The highest BCUT2D eigenvalue weighted by atomic mass is 16.5. The molecule has 0 aliphatic carbocycles. The predicted molar refractivity (Wildman–Crippen MR) is 85.8 cm³/mol. The lowest BCUT2D eigenvalue weighted by atomic mass is 9.79. The minimum Gasteiger partial charge on any atom is -0.491 e. The summed E-state index contributed by atoms with van der Waals surface area (Å²) in [6.45, 7) is 5.95. The van der Waals surface area contributed by atoms with E-state index in [2.05, 4.69) is 5.32 Å². The van der Waals surface area contributed by atoms with Gasteiger partial charge >= 0.3 is 0 Å². The molecule has 1 unspecified atom stereocenters. The van der Waals surface area contributed by atoms with Gasteiger partial charge in [0.2, 0.25) is 5.91 Å². The van der Waals surface area contributed by atoms with Crippen LogP contribution in [0.3, 0.4) is 0 Å². The summed E-state index contributed by atoms with van der Waals surface area (Å²) in [6.07, 6.45) is 1.36. The van der Waals surface area contributed by atoms with Crippen molar-refractivity contribution in [3.63, 3.8) is 0 Å². The van der Waals surface area contributed by atoms with Gasteiger partial charge in [-0.1, -0.05) is 12.1 Å². The van der Waals surface area contributed by atoms with Crippen LogP contribution in [0.2, 0.25) is 0 Å². The summed E-state index contributed by atoms with van der Waals surface area (Å²) in [4.78, 5) is 12.5. The summed E-state index contributed by atoms with van der Waals surface area (Å²) >= 11 is 0. The number of hydrogen-bond acceptors (Lipinski definition) is 4. The molecule has 1 fully saturated rings.